The second kappa shape index (κ2) is 8.71. The van der Waals surface area contributed by atoms with Gasteiger partial charge in [-0.05, 0) is 65.1 Å². The molecule has 28 heavy (non-hydrogen) atoms. The van der Waals surface area contributed by atoms with Crippen LogP contribution in [0.25, 0.3) is 22.3 Å². The van der Waals surface area contributed by atoms with Crippen molar-refractivity contribution in [2.24, 2.45) is 0 Å². The Morgan fingerprint density at radius 3 is 1.86 bits per heavy atom. The van der Waals surface area contributed by atoms with Gasteiger partial charge in [-0.1, -0.05) is 103 Å². The molecule has 0 aliphatic carbocycles. The van der Waals surface area contributed by atoms with Crippen LogP contribution in [0.2, 0.25) is 0 Å². The van der Waals surface area contributed by atoms with Crippen LogP contribution in [-0.4, -0.2) is 0 Å². The van der Waals surface area contributed by atoms with Crippen LogP contribution < -0.4 is 0 Å². The van der Waals surface area contributed by atoms with Gasteiger partial charge in [0.25, 0.3) is 0 Å². The number of benzene rings is 4. The largest absolute Gasteiger partial charge is 0.0622 e. The lowest BCUT2D eigenvalue weighted by Gasteiger charge is -2.12. The fourth-order valence-electron chi connectivity index (χ4n) is 3.85. The van der Waals surface area contributed by atoms with Gasteiger partial charge in [-0.3, -0.25) is 0 Å². The molecule has 0 spiro atoms. The molecule has 138 valence electrons. The zero-order valence-electron chi connectivity index (χ0n) is 16.4. The quantitative estimate of drug-likeness (QED) is 0.333. The fraction of sp³-hybridized carbons (Fsp3) is 0.143. The molecule has 0 bridgehead atoms. The Morgan fingerprint density at radius 2 is 1.11 bits per heavy atom. The maximum absolute atomic E-state index is 2.28. The van der Waals surface area contributed by atoms with Gasteiger partial charge in [0.05, 0.1) is 0 Å². The lowest BCUT2D eigenvalue weighted by Crippen LogP contribution is -1.94. The minimum atomic E-state index is 1.10. The fourth-order valence-corrected chi connectivity index (χ4v) is 3.85. The molecule has 0 aliphatic heterocycles. The van der Waals surface area contributed by atoms with Crippen molar-refractivity contribution in [3.63, 3.8) is 0 Å². The third-order valence-electron chi connectivity index (χ3n) is 5.43. The lowest BCUT2D eigenvalue weighted by atomic mass is 9.93. The summed E-state index contributed by atoms with van der Waals surface area (Å²) >= 11 is 0. The van der Waals surface area contributed by atoms with E-state index in [0.29, 0.717) is 0 Å². The van der Waals surface area contributed by atoms with Gasteiger partial charge in [-0.2, -0.15) is 0 Å². The molecular formula is C28H26. The van der Waals surface area contributed by atoms with Gasteiger partial charge >= 0.3 is 0 Å². The van der Waals surface area contributed by atoms with E-state index in [9.17, 15) is 0 Å². The van der Waals surface area contributed by atoms with Gasteiger partial charge < -0.3 is 0 Å². The predicted molar refractivity (Wildman–Crippen MR) is 121 cm³/mol. The first-order valence-corrected chi connectivity index (χ1v) is 10.1. The summed E-state index contributed by atoms with van der Waals surface area (Å²) < 4.78 is 0. The van der Waals surface area contributed by atoms with Crippen LogP contribution in [0.3, 0.4) is 0 Å². The highest BCUT2D eigenvalue weighted by atomic mass is 14.1. The third kappa shape index (κ3) is 4.23. The molecule has 0 saturated heterocycles. The van der Waals surface area contributed by atoms with E-state index in [1.54, 1.807) is 0 Å². The minimum absolute atomic E-state index is 1.10. The van der Waals surface area contributed by atoms with Crippen molar-refractivity contribution in [3.8, 4) is 22.3 Å². The molecule has 0 atom stereocenters. The highest BCUT2D eigenvalue weighted by Gasteiger charge is 2.07. The van der Waals surface area contributed by atoms with Crippen LogP contribution in [-0.2, 0) is 12.8 Å². The molecule has 4 rings (SSSR count). The molecule has 4 aromatic carbocycles. The van der Waals surface area contributed by atoms with Gasteiger partial charge in [0.1, 0.15) is 0 Å². The predicted octanol–water partition coefficient (Wildman–Crippen LogP) is 7.50. The molecule has 0 N–H and O–H groups in total. The van der Waals surface area contributed by atoms with Gasteiger partial charge in [0, 0.05) is 0 Å². The second-order valence-electron chi connectivity index (χ2n) is 7.39. The van der Waals surface area contributed by atoms with E-state index < -0.39 is 0 Å². The molecule has 0 nitrogen and oxygen atoms in total. The zero-order chi connectivity index (χ0) is 19.2. The van der Waals surface area contributed by atoms with Crippen LogP contribution in [0.15, 0.2) is 103 Å². The Bertz CT molecular complexity index is 1030. The van der Waals surface area contributed by atoms with Gasteiger partial charge in [-0.25, -0.2) is 0 Å². The first kappa shape index (κ1) is 18.3. The second-order valence-corrected chi connectivity index (χ2v) is 7.39. The first-order valence-electron chi connectivity index (χ1n) is 10.1. The molecule has 0 amide bonds. The van der Waals surface area contributed by atoms with Crippen molar-refractivity contribution in [1.29, 1.82) is 0 Å². The van der Waals surface area contributed by atoms with E-state index in [4.69, 9.17) is 0 Å². The minimum Gasteiger partial charge on any atom is -0.0622 e. The summed E-state index contributed by atoms with van der Waals surface area (Å²) in [7, 11) is 0. The molecule has 0 saturated carbocycles. The molecule has 4 aromatic rings. The Kier molecular flexibility index (Phi) is 5.68. The van der Waals surface area contributed by atoms with Gasteiger partial charge in [0.2, 0.25) is 0 Å². The molecule has 0 unspecified atom stereocenters. The van der Waals surface area contributed by atoms with Crippen molar-refractivity contribution in [3.05, 3.63) is 120 Å². The summed E-state index contributed by atoms with van der Waals surface area (Å²) in [6.07, 6.45) is 3.37. The van der Waals surface area contributed by atoms with Crippen molar-refractivity contribution in [2.75, 3.05) is 0 Å². The van der Waals surface area contributed by atoms with E-state index in [0.717, 1.165) is 19.3 Å². The zero-order valence-corrected chi connectivity index (χ0v) is 16.4. The van der Waals surface area contributed by atoms with Crippen LogP contribution in [0.1, 0.15) is 23.1 Å². The standard InChI is InChI=1S/C28H26/c1-22-10-5-7-16-27(22)28-17-8-6-14-26(28)15-9-11-23-18-20-25(21-19-23)24-12-3-2-4-13-24/h2-8,10,12-14,16-21H,9,11,15H2,1H3. The van der Waals surface area contributed by atoms with Crippen molar-refractivity contribution < 1.29 is 0 Å². The SMILES string of the molecule is Cc1ccccc1-c1ccccc1CCCc1ccc(-c2ccccc2)cc1. The van der Waals surface area contributed by atoms with E-state index >= 15 is 0 Å². The van der Waals surface area contributed by atoms with E-state index in [1.807, 2.05) is 0 Å². The average Bonchev–Trinajstić information content (AvgIpc) is 2.76. The van der Waals surface area contributed by atoms with Crippen LogP contribution in [0.5, 0.6) is 0 Å². The normalized spacial score (nSPS) is 10.8. The van der Waals surface area contributed by atoms with E-state index in [2.05, 4.69) is 110 Å². The van der Waals surface area contributed by atoms with Crippen molar-refractivity contribution in [1.82, 2.24) is 0 Å². The van der Waals surface area contributed by atoms with E-state index in [-0.39, 0.29) is 0 Å². The smallest absolute Gasteiger partial charge is 0.0149 e. The van der Waals surface area contributed by atoms with Crippen LogP contribution in [0.4, 0.5) is 0 Å². The number of hydrogen-bond acceptors (Lipinski definition) is 0. The van der Waals surface area contributed by atoms with Crippen molar-refractivity contribution in [2.45, 2.75) is 26.2 Å². The summed E-state index contributed by atoms with van der Waals surface area (Å²) in [5.41, 5.74) is 9.48. The lowest BCUT2D eigenvalue weighted by molar-refractivity contribution is 0.822. The average molecular weight is 363 g/mol. The molecule has 0 aromatic heterocycles. The number of aryl methyl sites for hydroxylation is 3. The Balaban J connectivity index is 1.43. The monoisotopic (exact) mass is 362 g/mol. The summed E-state index contributed by atoms with van der Waals surface area (Å²) in [5.74, 6) is 0. The topological polar surface area (TPSA) is 0 Å². The summed E-state index contributed by atoms with van der Waals surface area (Å²) in [6, 6.07) is 37.1. The first-order chi connectivity index (χ1) is 13.8. The third-order valence-corrected chi connectivity index (χ3v) is 5.43. The molecule has 0 radical (unpaired) electrons. The van der Waals surface area contributed by atoms with Gasteiger partial charge in [0.15, 0.2) is 0 Å². The number of hydrogen-bond donors (Lipinski definition) is 0. The van der Waals surface area contributed by atoms with Crippen LogP contribution >= 0.6 is 0 Å². The van der Waals surface area contributed by atoms with Crippen molar-refractivity contribution >= 4 is 0 Å². The summed E-state index contributed by atoms with van der Waals surface area (Å²) in [5, 5.41) is 0. The molecular weight excluding hydrogens is 336 g/mol. The van der Waals surface area contributed by atoms with E-state index in [1.165, 1.54) is 38.9 Å². The summed E-state index contributed by atoms with van der Waals surface area (Å²) in [6.45, 7) is 2.19. The Morgan fingerprint density at radius 1 is 0.500 bits per heavy atom. The number of rotatable bonds is 6. The van der Waals surface area contributed by atoms with Gasteiger partial charge in [-0.15, -0.1) is 0 Å². The maximum atomic E-state index is 2.28. The molecule has 0 heteroatoms. The maximum Gasteiger partial charge on any atom is -0.0149 e. The summed E-state index contributed by atoms with van der Waals surface area (Å²) in [4.78, 5) is 0. The highest BCUT2D eigenvalue weighted by Crippen LogP contribution is 2.28. The Labute approximate surface area is 168 Å². The highest BCUT2D eigenvalue weighted by molar-refractivity contribution is 5.70. The molecule has 0 heterocycles. The van der Waals surface area contributed by atoms with Crippen LogP contribution in [0, 0.1) is 6.92 Å². The molecule has 0 aliphatic rings. The Hall–Kier alpha value is -3.12. The molecule has 0 fully saturated rings.